The van der Waals surface area contributed by atoms with Gasteiger partial charge in [-0.15, -0.1) is 0 Å². The summed E-state index contributed by atoms with van der Waals surface area (Å²) in [5, 5.41) is 5.19. The molecule has 0 atom stereocenters. The van der Waals surface area contributed by atoms with Crippen molar-refractivity contribution in [1.29, 1.82) is 0 Å². The average Bonchev–Trinajstić information content (AvgIpc) is 1.99. The van der Waals surface area contributed by atoms with Crippen molar-refractivity contribution < 1.29 is 9.59 Å². The van der Waals surface area contributed by atoms with E-state index >= 15 is 0 Å². The van der Waals surface area contributed by atoms with Crippen LogP contribution in [0.4, 0.5) is 0 Å². The maximum absolute atomic E-state index is 11.3. The first-order valence-corrected chi connectivity index (χ1v) is 5.32. The Bertz CT molecular complexity index is 229. The first kappa shape index (κ1) is 13.9. The number of carbonyl (C=O) groups excluding carboxylic acids is 2. The minimum atomic E-state index is -0.564. The van der Waals surface area contributed by atoms with Crippen molar-refractivity contribution in [3.05, 3.63) is 0 Å². The molecular weight excluding hydrogens is 192 g/mol. The highest BCUT2D eigenvalue weighted by Gasteiger charge is 2.19. The number of carbonyl (C=O) groups is 2. The third-order valence-corrected chi connectivity index (χ3v) is 1.70. The third kappa shape index (κ3) is 7.97. The minimum absolute atomic E-state index is 0.369. The molecule has 0 spiro atoms. The molecule has 0 aromatic heterocycles. The zero-order valence-corrected chi connectivity index (χ0v) is 10.3. The number of hydrogen-bond acceptors (Lipinski definition) is 2. The molecule has 0 rings (SSSR count). The van der Waals surface area contributed by atoms with Crippen LogP contribution in [0.1, 0.15) is 41.0 Å². The molecule has 2 N–H and O–H groups in total. The molecule has 88 valence electrons. The molecule has 0 aliphatic heterocycles. The summed E-state index contributed by atoms with van der Waals surface area (Å²) in [6.07, 6.45) is 0.883. The van der Waals surface area contributed by atoms with Crippen molar-refractivity contribution in [2.24, 2.45) is 5.92 Å². The molecule has 15 heavy (non-hydrogen) atoms. The van der Waals surface area contributed by atoms with Gasteiger partial charge in [0.05, 0.1) is 0 Å². The van der Waals surface area contributed by atoms with Gasteiger partial charge in [0.2, 0.25) is 0 Å². The van der Waals surface area contributed by atoms with Crippen LogP contribution in [0, 0.1) is 5.92 Å². The third-order valence-electron chi connectivity index (χ3n) is 1.70. The maximum Gasteiger partial charge on any atom is 0.309 e. The monoisotopic (exact) mass is 214 g/mol. The van der Waals surface area contributed by atoms with Crippen LogP contribution < -0.4 is 10.6 Å². The quantitative estimate of drug-likeness (QED) is 0.690. The summed E-state index contributed by atoms with van der Waals surface area (Å²) in [4.78, 5) is 22.6. The zero-order valence-electron chi connectivity index (χ0n) is 10.3. The van der Waals surface area contributed by atoms with Gasteiger partial charge in [0.1, 0.15) is 0 Å². The molecule has 0 saturated carbocycles. The Kier molecular flexibility index (Phi) is 5.33. The number of hydrogen-bond donors (Lipinski definition) is 2. The van der Waals surface area contributed by atoms with E-state index in [0.717, 1.165) is 6.42 Å². The Balaban J connectivity index is 3.86. The number of amides is 2. The van der Waals surface area contributed by atoms with Gasteiger partial charge in [-0.3, -0.25) is 9.59 Å². The lowest BCUT2D eigenvalue weighted by atomic mass is 10.1. The first-order valence-electron chi connectivity index (χ1n) is 5.32. The van der Waals surface area contributed by atoms with Crippen LogP contribution in [0.25, 0.3) is 0 Å². The van der Waals surface area contributed by atoms with Crippen LogP contribution in [0.5, 0.6) is 0 Å². The predicted octanol–water partition coefficient (Wildman–Crippen LogP) is 1.06. The normalized spacial score (nSPS) is 11.3. The predicted molar refractivity (Wildman–Crippen MR) is 60.4 cm³/mol. The van der Waals surface area contributed by atoms with E-state index in [1.165, 1.54) is 0 Å². The van der Waals surface area contributed by atoms with Crippen LogP contribution in [-0.4, -0.2) is 23.9 Å². The molecule has 0 heterocycles. The van der Waals surface area contributed by atoms with Crippen LogP contribution in [0.15, 0.2) is 0 Å². The lowest BCUT2D eigenvalue weighted by Gasteiger charge is -2.19. The molecule has 4 nitrogen and oxygen atoms in total. The second kappa shape index (κ2) is 5.73. The average molecular weight is 214 g/mol. The molecule has 0 unspecified atom stereocenters. The van der Waals surface area contributed by atoms with Gasteiger partial charge in [-0.25, -0.2) is 0 Å². The van der Waals surface area contributed by atoms with Crippen molar-refractivity contribution >= 4 is 11.8 Å². The first-order chi connectivity index (χ1) is 6.72. The fourth-order valence-corrected chi connectivity index (χ4v) is 0.952. The highest BCUT2D eigenvalue weighted by molar-refractivity contribution is 6.35. The van der Waals surface area contributed by atoms with Crippen molar-refractivity contribution in [3.63, 3.8) is 0 Å². The molecule has 2 amide bonds. The largest absolute Gasteiger partial charge is 0.348 e. The van der Waals surface area contributed by atoms with Gasteiger partial charge in [-0.05, 0) is 33.1 Å². The Morgan fingerprint density at radius 2 is 1.67 bits per heavy atom. The Hall–Kier alpha value is -1.06. The lowest BCUT2D eigenvalue weighted by Crippen LogP contribution is -2.48. The van der Waals surface area contributed by atoms with Crippen LogP contribution >= 0.6 is 0 Å². The topological polar surface area (TPSA) is 58.2 Å². The van der Waals surface area contributed by atoms with E-state index in [4.69, 9.17) is 0 Å². The van der Waals surface area contributed by atoms with Gasteiger partial charge >= 0.3 is 11.8 Å². The molecule has 4 heteroatoms. The fraction of sp³-hybridized carbons (Fsp3) is 0.818. The van der Waals surface area contributed by atoms with E-state index in [2.05, 4.69) is 24.5 Å². The smallest absolute Gasteiger partial charge is 0.309 e. The summed E-state index contributed by atoms with van der Waals surface area (Å²) < 4.78 is 0. The molecule has 0 aliphatic carbocycles. The molecule has 0 aromatic carbocycles. The van der Waals surface area contributed by atoms with Crippen molar-refractivity contribution in [3.8, 4) is 0 Å². The molecule has 0 aliphatic rings. The Labute approximate surface area is 91.8 Å². The number of rotatable bonds is 3. The maximum atomic E-state index is 11.3. The Morgan fingerprint density at radius 1 is 1.13 bits per heavy atom. The van der Waals surface area contributed by atoms with Crippen LogP contribution in [0.3, 0.4) is 0 Å². The lowest BCUT2D eigenvalue weighted by molar-refractivity contribution is -0.140. The molecule has 0 radical (unpaired) electrons. The summed E-state index contributed by atoms with van der Waals surface area (Å²) in [5.41, 5.74) is -0.369. The van der Waals surface area contributed by atoms with Crippen molar-refractivity contribution in [1.82, 2.24) is 10.6 Å². The van der Waals surface area contributed by atoms with E-state index in [0.29, 0.717) is 12.5 Å². The second-order valence-corrected chi connectivity index (χ2v) is 5.14. The van der Waals surface area contributed by atoms with Crippen LogP contribution in [0.2, 0.25) is 0 Å². The standard InChI is InChI=1S/C11H22N2O2/c1-8(2)6-7-12-9(14)10(15)13-11(3,4)5/h8H,6-7H2,1-5H3,(H,12,14)(H,13,15). The summed E-state index contributed by atoms with van der Waals surface area (Å²) in [5.74, 6) is -0.590. The highest BCUT2D eigenvalue weighted by atomic mass is 16.2. The molecule has 0 aromatic rings. The van der Waals surface area contributed by atoms with Gasteiger partial charge in [0, 0.05) is 12.1 Å². The van der Waals surface area contributed by atoms with Crippen molar-refractivity contribution in [2.75, 3.05) is 6.54 Å². The van der Waals surface area contributed by atoms with E-state index < -0.39 is 11.8 Å². The fourth-order valence-electron chi connectivity index (χ4n) is 0.952. The zero-order chi connectivity index (χ0) is 12.1. The summed E-state index contributed by atoms with van der Waals surface area (Å²) >= 11 is 0. The molecule has 0 saturated heterocycles. The van der Waals surface area contributed by atoms with E-state index in [1.807, 2.05) is 20.8 Å². The highest BCUT2D eigenvalue weighted by Crippen LogP contribution is 1.98. The molecule has 0 fully saturated rings. The van der Waals surface area contributed by atoms with E-state index in [1.54, 1.807) is 0 Å². The van der Waals surface area contributed by atoms with Gasteiger partial charge in [-0.1, -0.05) is 13.8 Å². The minimum Gasteiger partial charge on any atom is -0.348 e. The van der Waals surface area contributed by atoms with Gasteiger partial charge in [-0.2, -0.15) is 0 Å². The summed E-state index contributed by atoms with van der Waals surface area (Å²) in [7, 11) is 0. The van der Waals surface area contributed by atoms with Gasteiger partial charge in [0.25, 0.3) is 0 Å². The van der Waals surface area contributed by atoms with Crippen molar-refractivity contribution in [2.45, 2.75) is 46.6 Å². The van der Waals surface area contributed by atoms with E-state index in [9.17, 15) is 9.59 Å². The van der Waals surface area contributed by atoms with E-state index in [-0.39, 0.29) is 5.54 Å². The Morgan fingerprint density at radius 3 is 2.07 bits per heavy atom. The van der Waals surface area contributed by atoms with Gasteiger partial charge in [0.15, 0.2) is 0 Å². The van der Waals surface area contributed by atoms with Crippen LogP contribution in [-0.2, 0) is 9.59 Å². The number of nitrogens with one attached hydrogen (secondary N) is 2. The SMILES string of the molecule is CC(C)CCNC(=O)C(=O)NC(C)(C)C. The summed E-state index contributed by atoms with van der Waals surface area (Å²) in [6, 6.07) is 0. The molecular formula is C11H22N2O2. The second-order valence-electron chi connectivity index (χ2n) is 5.14. The molecule has 0 bridgehead atoms. The van der Waals surface area contributed by atoms with Gasteiger partial charge < -0.3 is 10.6 Å². The summed E-state index contributed by atoms with van der Waals surface area (Å²) in [6.45, 7) is 10.2.